The van der Waals surface area contributed by atoms with Crippen LogP contribution in [-0.2, 0) is 14.4 Å². The fraction of sp³-hybridized carbons (Fsp3) is 0.143. The van der Waals surface area contributed by atoms with Crippen molar-refractivity contribution in [2.24, 2.45) is 10.9 Å². The van der Waals surface area contributed by atoms with Crippen LogP contribution in [0.1, 0.15) is 0 Å². The summed E-state index contributed by atoms with van der Waals surface area (Å²) < 4.78 is 0. The Labute approximate surface area is 150 Å². The number of carbonyl (C=O) groups is 3. The Bertz CT molecular complexity index is 883. The number of rotatable bonds is 3. The molecule has 2 aromatic rings. The molecule has 0 bridgehead atoms. The van der Waals surface area contributed by atoms with Crippen molar-refractivity contribution in [1.29, 1.82) is 0 Å². The second-order valence-corrected chi connectivity index (χ2v) is 6.12. The standard InChI is InChI=1S/C14H11ClN6O3S/c1-25-14-18-12(23)10(13(24)19-14)11(22)17-6-2-3-7(8(15)4-6)9-5-16-21-20-9/h2-5,10H,1H3,(H,17,22)(H,16,20,21)(H,18,19,23,24). The summed E-state index contributed by atoms with van der Waals surface area (Å²) in [5, 5.41) is 15.5. The van der Waals surface area contributed by atoms with E-state index in [2.05, 4.69) is 31.0 Å². The zero-order chi connectivity index (χ0) is 18.0. The van der Waals surface area contributed by atoms with Crippen LogP contribution in [0.15, 0.2) is 29.4 Å². The zero-order valence-corrected chi connectivity index (χ0v) is 14.3. The molecule has 25 heavy (non-hydrogen) atoms. The Morgan fingerprint density at radius 3 is 2.76 bits per heavy atom. The monoisotopic (exact) mass is 378 g/mol. The highest BCUT2D eigenvalue weighted by Crippen LogP contribution is 2.28. The molecule has 0 spiro atoms. The molecule has 1 unspecified atom stereocenters. The van der Waals surface area contributed by atoms with E-state index < -0.39 is 23.6 Å². The van der Waals surface area contributed by atoms with Crippen molar-refractivity contribution in [3.8, 4) is 11.3 Å². The van der Waals surface area contributed by atoms with Gasteiger partial charge in [0, 0.05) is 11.3 Å². The molecule has 0 fully saturated rings. The Morgan fingerprint density at radius 1 is 1.36 bits per heavy atom. The molecule has 1 aromatic heterocycles. The predicted molar refractivity (Wildman–Crippen MR) is 93.0 cm³/mol. The van der Waals surface area contributed by atoms with Gasteiger partial charge in [-0.15, -0.1) is 0 Å². The molecule has 3 rings (SSSR count). The van der Waals surface area contributed by atoms with E-state index in [0.717, 1.165) is 11.8 Å². The molecule has 0 aliphatic carbocycles. The summed E-state index contributed by atoms with van der Waals surface area (Å²) in [5.41, 5.74) is 1.50. The summed E-state index contributed by atoms with van der Waals surface area (Å²) in [7, 11) is 0. The molecule has 1 aromatic carbocycles. The second kappa shape index (κ2) is 7.03. The highest BCUT2D eigenvalue weighted by Gasteiger charge is 2.38. The van der Waals surface area contributed by atoms with Gasteiger partial charge < -0.3 is 10.6 Å². The van der Waals surface area contributed by atoms with E-state index >= 15 is 0 Å². The van der Waals surface area contributed by atoms with Crippen LogP contribution in [0, 0.1) is 5.92 Å². The van der Waals surface area contributed by atoms with Crippen molar-refractivity contribution >= 4 is 51.9 Å². The van der Waals surface area contributed by atoms with Gasteiger partial charge in [-0.3, -0.25) is 14.4 Å². The largest absolute Gasteiger partial charge is 0.325 e. The van der Waals surface area contributed by atoms with E-state index in [0.29, 0.717) is 22.0 Å². The van der Waals surface area contributed by atoms with Crippen molar-refractivity contribution in [3.63, 3.8) is 0 Å². The molecule has 1 aliphatic heterocycles. The third-order valence-corrected chi connectivity index (χ3v) is 4.23. The molecular formula is C14H11ClN6O3S. The van der Waals surface area contributed by atoms with Crippen LogP contribution in [0.4, 0.5) is 5.69 Å². The molecule has 0 radical (unpaired) electrons. The minimum absolute atomic E-state index is 0.166. The number of hydrogen-bond acceptors (Lipinski definition) is 6. The Balaban J connectivity index is 1.77. The van der Waals surface area contributed by atoms with Gasteiger partial charge in [0.15, 0.2) is 11.1 Å². The van der Waals surface area contributed by atoms with Gasteiger partial charge in [-0.1, -0.05) is 23.4 Å². The summed E-state index contributed by atoms with van der Waals surface area (Å²) in [6.45, 7) is 0. The highest BCUT2D eigenvalue weighted by molar-refractivity contribution is 8.13. The number of amidine groups is 1. The maximum absolute atomic E-state index is 12.3. The van der Waals surface area contributed by atoms with E-state index in [-0.39, 0.29) is 5.17 Å². The number of thioether (sulfide) groups is 1. The van der Waals surface area contributed by atoms with Crippen LogP contribution < -0.4 is 10.6 Å². The quantitative estimate of drug-likeness (QED) is 0.685. The lowest BCUT2D eigenvalue weighted by atomic mass is 10.1. The summed E-state index contributed by atoms with van der Waals surface area (Å²) in [4.78, 5) is 39.8. The molecule has 3 N–H and O–H groups in total. The molecule has 1 aliphatic rings. The van der Waals surface area contributed by atoms with Gasteiger partial charge in [-0.05, 0) is 24.5 Å². The van der Waals surface area contributed by atoms with Gasteiger partial charge in [-0.2, -0.15) is 20.4 Å². The summed E-state index contributed by atoms with van der Waals surface area (Å²) in [6.07, 6.45) is 3.16. The average molecular weight is 379 g/mol. The van der Waals surface area contributed by atoms with Gasteiger partial charge in [0.05, 0.1) is 11.2 Å². The fourth-order valence-electron chi connectivity index (χ4n) is 2.16. The summed E-state index contributed by atoms with van der Waals surface area (Å²) >= 11 is 7.29. The number of aromatic nitrogens is 3. The Kier molecular flexibility index (Phi) is 4.81. The summed E-state index contributed by atoms with van der Waals surface area (Å²) in [6, 6.07) is 4.71. The smallest absolute Gasteiger partial charge is 0.270 e. The number of anilines is 1. The average Bonchev–Trinajstić information content (AvgIpc) is 3.08. The predicted octanol–water partition coefficient (Wildman–Crippen LogP) is 1.06. The maximum atomic E-state index is 12.3. The van der Waals surface area contributed by atoms with Gasteiger partial charge >= 0.3 is 0 Å². The molecule has 128 valence electrons. The lowest BCUT2D eigenvalue weighted by Crippen LogP contribution is -2.48. The number of halogens is 1. The van der Waals surface area contributed by atoms with Gasteiger partial charge in [-0.25, -0.2) is 0 Å². The topological polar surface area (TPSA) is 129 Å². The number of aromatic amines is 1. The van der Waals surface area contributed by atoms with Crippen LogP contribution >= 0.6 is 23.4 Å². The third-order valence-electron chi connectivity index (χ3n) is 3.33. The SMILES string of the molecule is CSC1=NC(=O)C(C(=O)Nc2ccc(-c3cn[nH]n3)c(Cl)c2)C(=O)N1. The van der Waals surface area contributed by atoms with Crippen LogP contribution in [0.2, 0.25) is 5.02 Å². The number of aliphatic imine (C=N–C) groups is 1. The van der Waals surface area contributed by atoms with E-state index in [9.17, 15) is 14.4 Å². The van der Waals surface area contributed by atoms with E-state index in [1.165, 1.54) is 12.3 Å². The Hall–Kier alpha value is -2.72. The maximum Gasteiger partial charge on any atom is 0.270 e. The van der Waals surface area contributed by atoms with Gasteiger partial charge in [0.25, 0.3) is 5.91 Å². The van der Waals surface area contributed by atoms with Crippen LogP contribution in [-0.4, -0.2) is 44.6 Å². The van der Waals surface area contributed by atoms with Crippen LogP contribution in [0.5, 0.6) is 0 Å². The molecule has 0 saturated carbocycles. The normalized spacial score (nSPS) is 17.0. The van der Waals surface area contributed by atoms with Crippen molar-refractivity contribution < 1.29 is 14.4 Å². The molecule has 3 amide bonds. The number of benzene rings is 1. The van der Waals surface area contributed by atoms with E-state index in [4.69, 9.17) is 11.6 Å². The number of hydrogen-bond donors (Lipinski definition) is 3. The first-order chi connectivity index (χ1) is 12.0. The molecular weight excluding hydrogens is 368 g/mol. The Morgan fingerprint density at radius 2 is 2.16 bits per heavy atom. The number of nitrogens with zero attached hydrogens (tertiary/aromatic N) is 3. The van der Waals surface area contributed by atoms with Gasteiger partial charge in [0.1, 0.15) is 5.69 Å². The third kappa shape index (κ3) is 3.54. The molecule has 0 saturated heterocycles. The van der Waals surface area contributed by atoms with Crippen molar-refractivity contribution in [3.05, 3.63) is 29.4 Å². The molecule has 2 heterocycles. The van der Waals surface area contributed by atoms with Gasteiger partial charge in [0.2, 0.25) is 11.8 Å². The molecule has 9 nitrogen and oxygen atoms in total. The highest BCUT2D eigenvalue weighted by atomic mass is 35.5. The molecule has 1 atom stereocenters. The number of H-pyrrole nitrogens is 1. The van der Waals surface area contributed by atoms with Crippen LogP contribution in [0.3, 0.4) is 0 Å². The number of amides is 3. The first-order valence-corrected chi connectivity index (χ1v) is 8.54. The van der Waals surface area contributed by atoms with Crippen molar-refractivity contribution in [1.82, 2.24) is 20.7 Å². The summed E-state index contributed by atoms with van der Waals surface area (Å²) in [5.74, 6) is -3.84. The first kappa shape index (κ1) is 17.1. The second-order valence-electron chi connectivity index (χ2n) is 4.92. The van der Waals surface area contributed by atoms with E-state index in [1.807, 2.05) is 0 Å². The number of nitrogens with one attached hydrogen (secondary N) is 3. The van der Waals surface area contributed by atoms with Crippen molar-refractivity contribution in [2.45, 2.75) is 0 Å². The zero-order valence-electron chi connectivity index (χ0n) is 12.7. The fourth-order valence-corrected chi connectivity index (χ4v) is 2.82. The lowest BCUT2D eigenvalue weighted by molar-refractivity contribution is -0.139. The van der Waals surface area contributed by atoms with Crippen LogP contribution in [0.25, 0.3) is 11.3 Å². The lowest BCUT2D eigenvalue weighted by Gasteiger charge is -2.18. The van der Waals surface area contributed by atoms with Crippen molar-refractivity contribution in [2.75, 3.05) is 11.6 Å². The minimum Gasteiger partial charge on any atom is -0.325 e. The first-order valence-electron chi connectivity index (χ1n) is 6.93. The number of carbonyl (C=O) groups excluding carboxylic acids is 3. The van der Waals surface area contributed by atoms with E-state index in [1.54, 1.807) is 18.4 Å². The minimum atomic E-state index is -1.54. The molecule has 11 heteroatoms.